The molecule has 3 aromatic rings. The highest BCUT2D eigenvalue weighted by Crippen LogP contribution is 2.40. The highest BCUT2D eigenvalue weighted by atomic mass is 19.4. The van der Waals surface area contributed by atoms with E-state index in [0.29, 0.717) is 6.42 Å². The average Bonchev–Trinajstić information content (AvgIpc) is 3.50. The lowest BCUT2D eigenvalue weighted by molar-refractivity contribution is -0.153. The van der Waals surface area contributed by atoms with Crippen molar-refractivity contribution in [1.82, 2.24) is 15.3 Å². The fourth-order valence-electron chi connectivity index (χ4n) is 5.53. The Hall–Kier alpha value is -3.75. The Kier molecular flexibility index (Phi) is 7.89. The lowest BCUT2D eigenvalue weighted by atomic mass is 9.81. The van der Waals surface area contributed by atoms with Crippen molar-refractivity contribution >= 4 is 22.8 Å². The second-order valence-corrected chi connectivity index (χ2v) is 10.5. The van der Waals surface area contributed by atoms with Crippen molar-refractivity contribution in [3.8, 4) is 17.2 Å². The molecule has 3 N–H and O–H groups in total. The van der Waals surface area contributed by atoms with Crippen LogP contribution in [0, 0.1) is 5.92 Å². The van der Waals surface area contributed by atoms with Crippen LogP contribution in [-0.4, -0.2) is 59.6 Å². The molecule has 1 saturated carbocycles. The van der Waals surface area contributed by atoms with Crippen molar-refractivity contribution in [3.63, 3.8) is 0 Å². The zero-order valence-corrected chi connectivity index (χ0v) is 23.4. The molecule has 1 aliphatic heterocycles. The number of nitrogens with zero attached hydrogens (tertiary/aromatic N) is 2. The number of rotatable bonds is 7. The number of halogens is 3. The minimum Gasteiger partial charge on any atom is -0.494 e. The molecule has 11 nitrogen and oxygen atoms in total. The van der Waals surface area contributed by atoms with Crippen LogP contribution in [0.4, 0.5) is 13.2 Å². The molecule has 1 amide bonds. The Balaban J connectivity index is 1.47. The number of carbonyl (C=O) groups excluding carboxylic acids is 2. The number of aromatic nitrogens is 2. The van der Waals surface area contributed by atoms with Gasteiger partial charge in [0, 0.05) is 17.0 Å². The van der Waals surface area contributed by atoms with Crippen LogP contribution in [0.15, 0.2) is 28.7 Å². The van der Waals surface area contributed by atoms with E-state index in [9.17, 15) is 22.8 Å². The summed E-state index contributed by atoms with van der Waals surface area (Å²) in [6.07, 6.45) is -4.77. The van der Waals surface area contributed by atoms with Gasteiger partial charge in [0.25, 0.3) is 5.91 Å². The number of alkyl halides is 3. The molecule has 2 aromatic heterocycles. The van der Waals surface area contributed by atoms with E-state index in [1.807, 2.05) is 0 Å². The maximum atomic E-state index is 13.5. The van der Waals surface area contributed by atoms with Gasteiger partial charge in [0.15, 0.2) is 17.2 Å². The summed E-state index contributed by atoms with van der Waals surface area (Å²) in [6.45, 7) is 5.24. The molecule has 0 spiro atoms. The number of carbonyl (C=O) groups is 2. The molecule has 3 heterocycles. The van der Waals surface area contributed by atoms with Gasteiger partial charge in [0.05, 0.1) is 38.4 Å². The number of nitrogens with one attached hydrogen (secondary N) is 1. The number of amides is 1. The first-order chi connectivity index (χ1) is 19.8. The number of oxazole rings is 1. The second kappa shape index (κ2) is 11.2. The standard InChI is InChI=1S/C28H31F3N4O7/c1-5-39-26(37)15-10-18-19(42-27(2,3)41-18)11-16(15)33-24(36)23-20(12-32)40-25(35-23)14-6-8-17(38-4)22-13(14)7-9-21(34-22)28(29,30)31/h6-9,15-16,18-19H,5,10-12,32H2,1-4H3,(H,33,36)/t15-,16+,18?,19?/m0/s1. The molecule has 1 aromatic carbocycles. The number of fused-ring (bicyclic) bond motifs is 2. The van der Waals surface area contributed by atoms with Crippen molar-refractivity contribution in [3.05, 3.63) is 41.4 Å². The van der Waals surface area contributed by atoms with E-state index < -0.39 is 41.5 Å². The Bertz CT molecular complexity index is 1510. The first-order valence-electron chi connectivity index (χ1n) is 13.4. The quantitative estimate of drug-likeness (QED) is 0.386. The van der Waals surface area contributed by atoms with E-state index in [1.165, 1.54) is 19.2 Å². The molecule has 4 atom stereocenters. The van der Waals surface area contributed by atoms with Crippen LogP contribution in [-0.2, 0) is 31.7 Å². The maximum absolute atomic E-state index is 13.5. The molecule has 0 radical (unpaired) electrons. The van der Waals surface area contributed by atoms with Crippen molar-refractivity contribution < 1.29 is 46.1 Å². The highest BCUT2D eigenvalue weighted by molar-refractivity contribution is 5.98. The van der Waals surface area contributed by atoms with Crippen molar-refractivity contribution in [2.45, 2.75) is 70.4 Å². The topological polar surface area (TPSA) is 148 Å². The zero-order chi connectivity index (χ0) is 30.4. The summed E-state index contributed by atoms with van der Waals surface area (Å²) in [7, 11) is 1.32. The molecule has 5 rings (SSSR count). The smallest absolute Gasteiger partial charge is 0.433 e. The average molecular weight is 593 g/mol. The number of hydrogen-bond acceptors (Lipinski definition) is 10. The molecule has 1 aliphatic carbocycles. The molecule has 226 valence electrons. The van der Waals surface area contributed by atoms with Gasteiger partial charge in [-0.25, -0.2) is 9.97 Å². The molecule has 0 bridgehead atoms. The number of methoxy groups -OCH3 is 1. The summed E-state index contributed by atoms with van der Waals surface area (Å²) >= 11 is 0. The number of ether oxygens (including phenoxy) is 4. The van der Waals surface area contributed by atoms with Gasteiger partial charge >= 0.3 is 12.1 Å². The molecular formula is C28H31F3N4O7. The summed E-state index contributed by atoms with van der Waals surface area (Å²) in [5.41, 5.74) is 4.89. The molecule has 1 saturated heterocycles. The third-order valence-electron chi connectivity index (χ3n) is 7.31. The maximum Gasteiger partial charge on any atom is 0.433 e. The number of pyridine rings is 1. The zero-order valence-electron chi connectivity index (χ0n) is 23.4. The van der Waals surface area contributed by atoms with E-state index in [1.54, 1.807) is 26.8 Å². The monoisotopic (exact) mass is 592 g/mol. The van der Waals surface area contributed by atoms with Crippen molar-refractivity contribution in [2.24, 2.45) is 11.7 Å². The number of esters is 1. The van der Waals surface area contributed by atoms with E-state index in [0.717, 1.165) is 6.07 Å². The molecule has 42 heavy (non-hydrogen) atoms. The van der Waals surface area contributed by atoms with E-state index in [2.05, 4.69) is 15.3 Å². The summed E-state index contributed by atoms with van der Waals surface area (Å²) < 4.78 is 68.3. The third-order valence-corrected chi connectivity index (χ3v) is 7.31. The fourth-order valence-corrected chi connectivity index (χ4v) is 5.53. The lowest BCUT2D eigenvalue weighted by Gasteiger charge is -2.35. The van der Waals surface area contributed by atoms with Crippen LogP contribution in [0.5, 0.6) is 5.75 Å². The Morgan fingerprint density at radius 3 is 2.48 bits per heavy atom. The van der Waals surface area contributed by atoms with Crippen LogP contribution in [0.2, 0.25) is 0 Å². The minimum absolute atomic E-state index is 0.0465. The Labute approximate surface area is 238 Å². The first kappa shape index (κ1) is 29.7. The van der Waals surface area contributed by atoms with Gasteiger partial charge in [-0.2, -0.15) is 13.2 Å². The predicted octanol–water partition coefficient (Wildman–Crippen LogP) is 3.97. The van der Waals surface area contributed by atoms with Crippen LogP contribution in [0.25, 0.3) is 22.4 Å². The predicted molar refractivity (Wildman–Crippen MR) is 141 cm³/mol. The van der Waals surface area contributed by atoms with Gasteiger partial charge in [-0.05, 0) is 57.9 Å². The van der Waals surface area contributed by atoms with E-state index >= 15 is 0 Å². The van der Waals surface area contributed by atoms with Gasteiger partial charge in [0.1, 0.15) is 17.0 Å². The molecular weight excluding hydrogens is 561 g/mol. The number of benzene rings is 1. The number of hydrogen-bond donors (Lipinski definition) is 2. The fraction of sp³-hybridized carbons (Fsp3) is 0.500. The molecule has 2 aliphatic rings. The van der Waals surface area contributed by atoms with E-state index in [-0.39, 0.29) is 71.3 Å². The second-order valence-electron chi connectivity index (χ2n) is 10.5. The molecule has 2 fully saturated rings. The lowest BCUT2D eigenvalue weighted by Crippen LogP contribution is -2.52. The summed E-state index contributed by atoms with van der Waals surface area (Å²) in [5.74, 6) is -2.52. The first-order valence-corrected chi connectivity index (χ1v) is 13.4. The summed E-state index contributed by atoms with van der Waals surface area (Å²) in [4.78, 5) is 34.5. The normalized spacial score (nSPS) is 23.4. The van der Waals surface area contributed by atoms with Crippen LogP contribution in [0.1, 0.15) is 55.6 Å². The minimum atomic E-state index is -4.66. The SMILES string of the molecule is CCOC(=O)[C@H]1CC2OC(C)(C)OC2C[C@H]1NC(=O)c1nc(-c2ccc(OC)c3nc(C(F)(F)F)ccc23)oc1CN. The van der Waals surface area contributed by atoms with Crippen LogP contribution in [0.3, 0.4) is 0 Å². The van der Waals surface area contributed by atoms with Crippen LogP contribution >= 0.6 is 0 Å². The highest BCUT2D eigenvalue weighted by Gasteiger charge is 2.50. The van der Waals surface area contributed by atoms with Gasteiger partial charge < -0.3 is 34.4 Å². The summed E-state index contributed by atoms with van der Waals surface area (Å²) in [5, 5.41) is 3.14. The third kappa shape index (κ3) is 5.65. The van der Waals surface area contributed by atoms with Gasteiger partial charge in [0.2, 0.25) is 5.89 Å². The molecule has 2 unspecified atom stereocenters. The van der Waals surface area contributed by atoms with Gasteiger partial charge in [-0.1, -0.05) is 0 Å². The Morgan fingerprint density at radius 1 is 1.12 bits per heavy atom. The van der Waals surface area contributed by atoms with Crippen LogP contribution < -0.4 is 15.8 Å². The van der Waals surface area contributed by atoms with E-state index in [4.69, 9.17) is 29.1 Å². The van der Waals surface area contributed by atoms with Crippen molar-refractivity contribution in [1.29, 1.82) is 0 Å². The summed E-state index contributed by atoms with van der Waals surface area (Å²) in [6, 6.07) is 4.40. The number of nitrogens with two attached hydrogens (primary N) is 1. The largest absolute Gasteiger partial charge is 0.494 e. The van der Waals surface area contributed by atoms with Crippen molar-refractivity contribution in [2.75, 3.05) is 13.7 Å². The van der Waals surface area contributed by atoms with Gasteiger partial charge in [-0.15, -0.1) is 0 Å². The van der Waals surface area contributed by atoms with Gasteiger partial charge in [-0.3, -0.25) is 9.59 Å². The Morgan fingerprint density at radius 2 is 1.83 bits per heavy atom. The molecule has 14 heteroatoms.